The van der Waals surface area contributed by atoms with Crippen molar-refractivity contribution in [1.29, 1.82) is 0 Å². The average molecular weight is 441 g/mol. The summed E-state index contributed by atoms with van der Waals surface area (Å²) in [6, 6.07) is 23.6. The zero-order valence-electron chi connectivity index (χ0n) is 18.1. The van der Waals surface area contributed by atoms with Crippen molar-refractivity contribution >= 4 is 12.2 Å². The van der Waals surface area contributed by atoms with Crippen molar-refractivity contribution in [1.82, 2.24) is 9.97 Å². The van der Waals surface area contributed by atoms with Crippen LogP contribution in [-0.2, 0) is 0 Å². The van der Waals surface area contributed by atoms with Crippen molar-refractivity contribution in [2.24, 2.45) is 5.10 Å². The minimum Gasteiger partial charge on any atom is -0.507 e. The lowest BCUT2D eigenvalue weighted by Crippen LogP contribution is -2.00. The summed E-state index contributed by atoms with van der Waals surface area (Å²) in [5.41, 5.74) is 6.08. The van der Waals surface area contributed by atoms with Gasteiger partial charge in [0, 0.05) is 22.8 Å². The van der Waals surface area contributed by atoms with Crippen molar-refractivity contribution in [3.05, 3.63) is 84.4 Å². The minimum absolute atomic E-state index is 0.0583. The quantitative estimate of drug-likeness (QED) is 0.249. The van der Waals surface area contributed by atoms with E-state index in [4.69, 9.17) is 4.74 Å². The van der Waals surface area contributed by atoms with Crippen molar-refractivity contribution < 1.29 is 14.9 Å². The molecule has 0 spiro atoms. The molecule has 1 aromatic heterocycles. The van der Waals surface area contributed by atoms with Crippen LogP contribution in [0.2, 0.25) is 0 Å². The molecule has 7 heteroatoms. The molecule has 1 heterocycles. The molecule has 0 atom stereocenters. The highest BCUT2D eigenvalue weighted by atomic mass is 16.5. The molecule has 0 fully saturated rings. The van der Waals surface area contributed by atoms with Crippen LogP contribution in [0.1, 0.15) is 18.9 Å². The van der Waals surface area contributed by atoms with Gasteiger partial charge >= 0.3 is 0 Å². The van der Waals surface area contributed by atoms with E-state index in [1.54, 1.807) is 36.4 Å². The maximum Gasteiger partial charge on any atom is 0.244 e. The number of para-hydroxylation sites is 1. The summed E-state index contributed by atoms with van der Waals surface area (Å²) in [5, 5.41) is 24.7. The second kappa shape index (κ2) is 10.3. The van der Waals surface area contributed by atoms with Crippen LogP contribution in [0.5, 0.6) is 17.2 Å². The van der Waals surface area contributed by atoms with Crippen LogP contribution < -0.4 is 10.2 Å². The van der Waals surface area contributed by atoms with Gasteiger partial charge in [-0.25, -0.2) is 15.4 Å². The number of hydrazone groups is 1. The Bertz CT molecular complexity index is 1260. The molecule has 166 valence electrons. The van der Waals surface area contributed by atoms with Crippen LogP contribution in [-0.4, -0.2) is 33.0 Å². The molecule has 0 aliphatic rings. The lowest BCUT2D eigenvalue weighted by molar-refractivity contribution is 0.315. The van der Waals surface area contributed by atoms with Gasteiger partial charge in [0.25, 0.3) is 0 Å². The Balaban J connectivity index is 1.62. The summed E-state index contributed by atoms with van der Waals surface area (Å²) in [6.07, 6.45) is 2.37. The van der Waals surface area contributed by atoms with Gasteiger partial charge in [-0.1, -0.05) is 49.4 Å². The van der Waals surface area contributed by atoms with Gasteiger partial charge in [0.2, 0.25) is 5.95 Å². The van der Waals surface area contributed by atoms with E-state index in [0.29, 0.717) is 34.9 Å². The smallest absolute Gasteiger partial charge is 0.244 e. The van der Waals surface area contributed by atoms with Gasteiger partial charge < -0.3 is 14.9 Å². The predicted octanol–water partition coefficient (Wildman–Crippen LogP) is 5.46. The van der Waals surface area contributed by atoms with Gasteiger partial charge in [-0.3, -0.25) is 0 Å². The first-order chi connectivity index (χ1) is 16.1. The lowest BCUT2D eigenvalue weighted by atomic mass is 10.1. The molecule has 0 aliphatic carbocycles. The Hall–Kier alpha value is -4.39. The van der Waals surface area contributed by atoms with Gasteiger partial charge in [0.1, 0.15) is 17.2 Å². The summed E-state index contributed by atoms with van der Waals surface area (Å²) >= 11 is 0. The largest absolute Gasteiger partial charge is 0.507 e. The molecular formula is C26H24N4O3. The van der Waals surface area contributed by atoms with Gasteiger partial charge in [0.15, 0.2) is 0 Å². The fourth-order valence-corrected chi connectivity index (χ4v) is 3.18. The van der Waals surface area contributed by atoms with Crippen LogP contribution in [0, 0.1) is 0 Å². The first-order valence-corrected chi connectivity index (χ1v) is 10.6. The first kappa shape index (κ1) is 21.8. The van der Waals surface area contributed by atoms with E-state index in [1.165, 1.54) is 6.21 Å². The van der Waals surface area contributed by atoms with Crippen LogP contribution >= 0.6 is 0 Å². The molecular weight excluding hydrogens is 416 g/mol. The Morgan fingerprint density at radius 3 is 2.39 bits per heavy atom. The molecule has 3 aromatic carbocycles. The van der Waals surface area contributed by atoms with Crippen molar-refractivity contribution in [3.63, 3.8) is 0 Å². The van der Waals surface area contributed by atoms with E-state index >= 15 is 0 Å². The summed E-state index contributed by atoms with van der Waals surface area (Å²) < 4.78 is 5.52. The van der Waals surface area contributed by atoms with Crippen molar-refractivity contribution in [2.75, 3.05) is 12.0 Å². The maximum atomic E-state index is 10.3. The summed E-state index contributed by atoms with van der Waals surface area (Å²) in [7, 11) is 0. The average Bonchev–Trinajstić information content (AvgIpc) is 2.84. The highest BCUT2D eigenvalue weighted by molar-refractivity contribution is 5.84. The number of hydrogen-bond donors (Lipinski definition) is 3. The molecule has 0 bridgehead atoms. The number of rotatable bonds is 8. The van der Waals surface area contributed by atoms with Gasteiger partial charge in [-0.15, -0.1) is 0 Å². The SMILES string of the molecule is CCCOc1ccc(/C=N/Nc2nc(-c3ccccc3)cc(-c3ccccc3O)n2)c(O)c1. The summed E-state index contributed by atoms with van der Waals surface area (Å²) in [6.45, 7) is 2.61. The third kappa shape index (κ3) is 5.46. The Morgan fingerprint density at radius 1 is 0.879 bits per heavy atom. The highest BCUT2D eigenvalue weighted by Crippen LogP contribution is 2.30. The number of phenolic OH excluding ortho intramolecular Hbond substituents is 2. The Kier molecular flexibility index (Phi) is 6.80. The minimum atomic E-state index is 0.0583. The fraction of sp³-hybridized carbons (Fsp3) is 0.115. The number of aromatic hydroxyl groups is 2. The first-order valence-electron chi connectivity index (χ1n) is 10.6. The molecule has 33 heavy (non-hydrogen) atoms. The normalized spacial score (nSPS) is 10.9. The van der Waals surface area contributed by atoms with Gasteiger partial charge in [-0.05, 0) is 36.8 Å². The second-order valence-corrected chi connectivity index (χ2v) is 7.28. The van der Waals surface area contributed by atoms with E-state index in [1.807, 2.05) is 49.4 Å². The van der Waals surface area contributed by atoms with E-state index in [-0.39, 0.29) is 17.4 Å². The van der Waals surface area contributed by atoms with E-state index in [2.05, 4.69) is 20.5 Å². The monoisotopic (exact) mass is 440 g/mol. The number of hydrogen-bond acceptors (Lipinski definition) is 7. The Labute approximate surface area is 192 Å². The predicted molar refractivity (Wildman–Crippen MR) is 130 cm³/mol. The molecule has 0 radical (unpaired) electrons. The molecule has 0 amide bonds. The lowest BCUT2D eigenvalue weighted by Gasteiger charge is -2.09. The number of anilines is 1. The number of aromatic nitrogens is 2. The molecule has 0 saturated heterocycles. The number of benzene rings is 3. The third-order valence-electron chi connectivity index (χ3n) is 4.82. The van der Waals surface area contributed by atoms with Crippen LogP contribution in [0.15, 0.2) is 84.0 Å². The fourth-order valence-electron chi connectivity index (χ4n) is 3.18. The second-order valence-electron chi connectivity index (χ2n) is 7.28. The zero-order valence-corrected chi connectivity index (χ0v) is 18.1. The van der Waals surface area contributed by atoms with Gasteiger partial charge in [-0.2, -0.15) is 5.10 Å². The maximum absolute atomic E-state index is 10.3. The van der Waals surface area contributed by atoms with Crippen LogP contribution in [0.4, 0.5) is 5.95 Å². The topological polar surface area (TPSA) is 99.9 Å². The van der Waals surface area contributed by atoms with E-state index < -0.39 is 0 Å². The van der Waals surface area contributed by atoms with Crippen LogP contribution in [0.25, 0.3) is 22.5 Å². The highest BCUT2D eigenvalue weighted by Gasteiger charge is 2.11. The molecule has 0 aliphatic heterocycles. The third-order valence-corrected chi connectivity index (χ3v) is 4.82. The van der Waals surface area contributed by atoms with Crippen LogP contribution in [0.3, 0.4) is 0 Å². The summed E-state index contributed by atoms with van der Waals surface area (Å²) in [5.74, 6) is 1.04. The standard InChI is InChI=1S/C26H24N4O3/c1-2-14-33-20-13-12-19(25(32)15-20)17-27-30-26-28-22(18-8-4-3-5-9-18)16-23(29-26)21-10-6-7-11-24(21)31/h3-13,15-17,31-32H,2,14H2,1H3,(H,28,29,30)/b27-17+. The molecule has 0 unspecified atom stereocenters. The number of nitrogens with one attached hydrogen (secondary N) is 1. The molecule has 0 saturated carbocycles. The molecule has 4 rings (SSSR count). The number of nitrogens with zero attached hydrogens (tertiary/aromatic N) is 3. The van der Waals surface area contributed by atoms with E-state index in [9.17, 15) is 10.2 Å². The summed E-state index contributed by atoms with van der Waals surface area (Å²) in [4.78, 5) is 9.07. The number of phenols is 2. The van der Waals surface area contributed by atoms with E-state index in [0.717, 1.165) is 12.0 Å². The molecule has 7 nitrogen and oxygen atoms in total. The zero-order chi connectivity index (χ0) is 23.0. The Morgan fingerprint density at radius 2 is 1.64 bits per heavy atom. The van der Waals surface area contributed by atoms with Gasteiger partial charge in [0.05, 0.1) is 24.2 Å². The molecule has 4 aromatic rings. The van der Waals surface area contributed by atoms with Crippen molar-refractivity contribution in [3.8, 4) is 39.8 Å². The number of ether oxygens (including phenoxy) is 1. The van der Waals surface area contributed by atoms with Crippen molar-refractivity contribution in [2.45, 2.75) is 13.3 Å². The molecule has 3 N–H and O–H groups in total.